The fourth-order valence-electron chi connectivity index (χ4n) is 2.26. The quantitative estimate of drug-likeness (QED) is 0.754. The Bertz CT molecular complexity index is 337. The number of amides is 1. The fourth-order valence-corrected chi connectivity index (χ4v) is 3.61. The fraction of sp³-hybridized carbons (Fsp3) is 0.833. The lowest BCUT2D eigenvalue weighted by molar-refractivity contribution is -0.137. The highest BCUT2D eigenvalue weighted by atomic mass is 32.2. The van der Waals surface area contributed by atoms with Crippen LogP contribution in [-0.4, -0.2) is 38.2 Å². The topological polar surface area (TPSA) is 83.5 Å². The summed E-state index contributed by atoms with van der Waals surface area (Å²) in [6.45, 7) is 3.40. The largest absolute Gasteiger partial charge is 0.480 e. The molecule has 0 aromatic heterocycles. The number of nitrogens with one attached hydrogen (secondary N) is 1. The van der Waals surface area contributed by atoms with E-state index in [1.54, 1.807) is 13.8 Å². The molecule has 0 saturated heterocycles. The van der Waals surface area contributed by atoms with E-state index in [1.807, 2.05) is 0 Å². The van der Waals surface area contributed by atoms with Crippen molar-refractivity contribution in [3.05, 3.63) is 0 Å². The molecule has 1 aliphatic carbocycles. The molecule has 1 fully saturated rings. The molecule has 6 heteroatoms. The molecule has 0 heterocycles. The smallest absolute Gasteiger partial charge is 0.319 e. The molecule has 2 N–H and O–H groups in total. The molecule has 0 aliphatic heterocycles. The minimum Gasteiger partial charge on any atom is -0.480 e. The Morgan fingerprint density at radius 3 is 2.33 bits per heavy atom. The predicted molar refractivity (Wildman–Crippen MR) is 69.7 cm³/mol. The molecule has 2 atom stereocenters. The summed E-state index contributed by atoms with van der Waals surface area (Å²) in [6, 6.07) is 0.178. The summed E-state index contributed by atoms with van der Waals surface area (Å²) in [6.07, 6.45) is 4.14. The first-order valence-corrected chi connectivity index (χ1v) is 7.69. The SMILES string of the molecule is CC(C)C(C(=O)O)S(=O)CC(=O)NC1CCCC1. The standard InChI is InChI=1S/C12H21NO4S/c1-8(2)11(12(15)16)18(17)7-10(14)13-9-5-3-4-6-9/h8-9,11H,3-7H2,1-2H3,(H,13,14)(H,15,16). The lowest BCUT2D eigenvalue weighted by Gasteiger charge is -2.16. The van der Waals surface area contributed by atoms with Crippen LogP contribution in [0.4, 0.5) is 0 Å². The van der Waals surface area contributed by atoms with Crippen LogP contribution in [0.15, 0.2) is 0 Å². The highest BCUT2D eigenvalue weighted by molar-refractivity contribution is 7.87. The Balaban J connectivity index is 2.46. The Morgan fingerprint density at radius 2 is 1.89 bits per heavy atom. The Hall–Kier alpha value is -0.910. The second kappa shape index (κ2) is 6.87. The molecule has 1 saturated carbocycles. The molecule has 1 amide bonds. The third-order valence-corrected chi connectivity index (χ3v) is 4.98. The van der Waals surface area contributed by atoms with E-state index in [0.717, 1.165) is 25.7 Å². The van der Waals surface area contributed by atoms with Crippen molar-refractivity contribution < 1.29 is 18.9 Å². The number of carbonyl (C=O) groups is 2. The van der Waals surface area contributed by atoms with Crippen LogP contribution in [0.3, 0.4) is 0 Å². The van der Waals surface area contributed by atoms with E-state index in [2.05, 4.69) is 5.32 Å². The van der Waals surface area contributed by atoms with Crippen LogP contribution in [-0.2, 0) is 20.4 Å². The van der Waals surface area contributed by atoms with Gasteiger partial charge in [-0.25, -0.2) is 0 Å². The summed E-state index contributed by atoms with van der Waals surface area (Å²) < 4.78 is 11.9. The summed E-state index contributed by atoms with van der Waals surface area (Å²) in [5.74, 6) is -1.86. The van der Waals surface area contributed by atoms with Crippen molar-refractivity contribution in [1.29, 1.82) is 0 Å². The van der Waals surface area contributed by atoms with E-state index in [9.17, 15) is 13.8 Å². The van der Waals surface area contributed by atoms with Gasteiger partial charge in [-0.2, -0.15) is 0 Å². The van der Waals surface area contributed by atoms with Crippen molar-refractivity contribution in [2.45, 2.75) is 50.8 Å². The van der Waals surface area contributed by atoms with Gasteiger partial charge in [0.1, 0.15) is 11.0 Å². The number of carboxylic acid groups (broad SMARTS) is 1. The molecule has 2 unspecified atom stereocenters. The highest BCUT2D eigenvalue weighted by Crippen LogP contribution is 2.17. The highest BCUT2D eigenvalue weighted by Gasteiger charge is 2.30. The Kier molecular flexibility index (Phi) is 5.78. The van der Waals surface area contributed by atoms with Gasteiger partial charge in [0.05, 0.1) is 0 Å². The lowest BCUT2D eigenvalue weighted by atomic mass is 10.1. The molecule has 5 nitrogen and oxygen atoms in total. The predicted octanol–water partition coefficient (Wildman–Crippen LogP) is 0.903. The summed E-state index contributed by atoms with van der Waals surface area (Å²) in [4.78, 5) is 22.6. The maximum atomic E-state index is 11.9. The number of carboxylic acids is 1. The van der Waals surface area contributed by atoms with E-state index in [0.29, 0.717) is 0 Å². The number of aliphatic carboxylic acids is 1. The van der Waals surface area contributed by atoms with Gasteiger partial charge in [-0.15, -0.1) is 0 Å². The molecular formula is C12H21NO4S. The lowest BCUT2D eigenvalue weighted by Crippen LogP contribution is -2.40. The van der Waals surface area contributed by atoms with Gasteiger partial charge in [0.25, 0.3) is 0 Å². The summed E-state index contributed by atoms with van der Waals surface area (Å²) in [5.41, 5.74) is 0. The van der Waals surface area contributed by atoms with E-state index >= 15 is 0 Å². The van der Waals surface area contributed by atoms with Crippen molar-refractivity contribution in [2.24, 2.45) is 5.92 Å². The third kappa shape index (κ3) is 4.40. The van der Waals surface area contributed by atoms with Crippen molar-refractivity contribution in [3.8, 4) is 0 Å². The number of carbonyl (C=O) groups excluding carboxylic acids is 1. The van der Waals surface area contributed by atoms with Crippen LogP contribution in [0.1, 0.15) is 39.5 Å². The number of hydrogen-bond acceptors (Lipinski definition) is 3. The molecule has 1 aliphatic rings. The normalized spacial score (nSPS) is 19.7. The molecule has 0 bridgehead atoms. The average Bonchev–Trinajstić information content (AvgIpc) is 2.67. The molecule has 1 rings (SSSR count). The summed E-state index contributed by atoms with van der Waals surface area (Å²) in [7, 11) is -1.66. The van der Waals surface area contributed by atoms with Gasteiger partial charge in [0.2, 0.25) is 5.91 Å². The van der Waals surface area contributed by atoms with Crippen LogP contribution < -0.4 is 5.32 Å². The van der Waals surface area contributed by atoms with Crippen LogP contribution in [0.2, 0.25) is 0 Å². The number of hydrogen-bond donors (Lipinski definition) is 2. The Morgan fingerprint density at radius 1 is 1.33 bits per heavy atom. The third-order valence-electron chi connectivity index (χ3n) is 3.13. The van der Waals surface area contributed by atoms with Crippen LogP contribution in [0.25, 0.3) is 0 Å². The molecule has 0 aromatic rings. The van der Waals surface area contributed by atoms with Crippen LogP contribution >= 0.6 is 0 Å². The molecule has 104 valence electrons. The zero-order valence-corrected chi connectivity index (χ0v) is 11.7. The zero-order valence-electron chi connectivity index (χ0n) is 10.8. The number of rotatable bonds is 6. The van der Waals surface area contributed by atoms with Crippen LogP contribution in [0, 0.1) is 5.92 Å². The van der Waals surface area contributed by atoms with Gasteiger partial charge in [0, 0.05) is 16.8 Å². The first-order valence-electron chi connectivity index (χ1n) is 6.31. The van der Waals surface area contributed by atoms with E-state index in [-0.39, 0.29) is 23.6 Å². The summed E-state index contributed by atoms with van der Waals surface area (Å²) in [5, 5.41) is 10.8. The molecule has 0 aromatic carbocycles. The van der Waals surface area contributed by atoms with Gasteiger partial charge in [-0.3, -0.25) is 13.8 Å². The monoisotopic (exact) mass is 275 g/mol. The first kappa shape index (κ1) is 15.1. The first-order chi connectivity index (χ1) is 8.41. The molecular weight excluding hydrogens is 254 g/mol. The second-order valence-corrected chi connectivity index (χ2v) is 6.63. The molecule has 0 radical (unpaired) electrons. The maximum Gasteiger partial charge on any atom is 0.319 e. The van der Waals surface area contributed by atoms with Gasteiger partial charge in [0.15, 0.2) is 0 Å². The molecule has 18 heavy (non-hydrogen) atoms. The zero-order chi connectivity index (χ0) is 13.7. The summed E-state index contributed by atoms with van der Waals surface area (Å²) >= 11 is 0. The second-order valence-electron chi connectivity index (χ2n) is 5.08. The van der Waals surface area contributed by atoms with E-state index in [1.165, 1.54) is 0 Å². The van der Waals surface area contributed by atoms with Crippen LogP contribution in [0.5, 0.6) is 0 Å². The van der Waals surface area contributed by atoms with Gasteiger partial charge >= 0.3 is 5.97 Å². The minimum atomic E-state index is -1.66. The van der Waals surface area contributed by atoms with Crippen molar-refractivity contribution >= 4 is 22.7 Å². The Labute approximate surface area is 110 Å². The van der Waals surface area contributed by atoms with Gasteiger partial charge < -0.3 is 10.4 Å². The van der Waals surface area contributed by atoms with Gasteiger partial charge in [-0.1, -0.05) is 26.7 Å². The minimum absolute atomic E-state index is 0.178. The van der Waals surface area contributed by atoms with Crippen molar-refractivity contribution in [1.82, 2.24) is 5.32 Å². The maximum absolute atomic E-state index is 11.9. The van der Waals surface area contributed by atoms with Gasteiger partial charge in [-0.05, 0) is 18.8 Å². The van der Waals surface area contributed by atoms with Crippen molar-refractivity contribution in [2.75, 3.05) is 5.75 Å². The van der Waals surface area contributed by atoms with E-state index < -0.39 is 22.0 Å². The average molecular weight is 275 g/mol. The molecule has 0 spiro atoms. The van der Waals surface area contributed by atoms with Crippen molar-refractivity contribution in [3.63, 3.8) is 0 Å². The van der Waals surface area contributed by atoms with E-state index in [4.69, 9.17) is 5.11 Å².